The summed E-state index contributed by atoms with van der Waals surface area (Å²) >= 11 is 1.30. The lowest BCUT2D eigenvalue weighted by atomic mass is 10.0. The second kappa shape index (κ2) is 5.65. The molecule has 0 bridgehead atoms. The largest absolute Gasteiger partial charge is 0.482 e. The van der Waals surface area contributed by atoms with Gasteiger partial charge in [0.2, 0.25) is 0 Å². The number of ether oxygens (including phenoxy) is 2. The summed E-state index contributed by atoms with van der Waals surface area (Å²) in [5.41, 5.74) is 0.850. The summed E-state index contributed by atoms with van der Waals surface area (Å²) in [7, 11) is 0. The van der Waals surface area contributed by atoms with E-state index in [1.807, 2.05) is 12.1 Å². The molecule has 1 aromatic heterocycles. The first-order valence-electron chi connectivity index (χ1n) is 6.60. The van der Waals surface area contributed by atoms with Crippen LogP contribution in [0, 0.1) is 0 Å². The second-order valence-corrected chi connectivity index (χ2v) is 5.41. The molecule has 1 aliphatic heterocycles. The van der Waals surface area contributed by atoms with Crippen LogP contribution in [0.5, 0.6) is 5.75 Å². The van der Waals surface area contributed by atoms with Gasteiger partial charge in [-0.3, -0.25) is 4.79 Å². The van der Waals surface area contributed by atoms with Crippen LogP contribution in [-0.4, -0.2) is 23.3 Å². The lowest BCUT2D eigenvalue weighted by molar-refractivity contribution is 0.0520. The molecule has 1 atom stereocenters. The molecule has 0 fully saturated rings. The average Bonchev–Trinajstić information content (AvgIpc) is 2.97. The van der Waals surface area contributed by atoms with Crippen molar-refractivity contribution >= 4 is 23.1 Å². The number of carbonyl (C=O) groups excluding carboxylic acids is 2. The molecule has 0 N–H and O–H groups in total. The molecule has 3 rings (SSSR count). The molecular weight excluding hydrogens is 290 g/mol. The van der Waals surface area contributed by atoms with Gasteiger partial charge < -0.3 is 9.47 Å². The van der Waals surface area contributed by atoms with Gasteiger partial charge in [0.25, 0.3) is 0 Å². The number of Topliss-reactive ketones (excluding diaryl/α,β-unsaturated/α-hetero) is 1. The molecule has 108 valence electrons. The van der Waals surface area contributed by atoms with Gasteiger partial charge in [0.05, 0.1) is 18.6 Å². The number of carbonyl (C=O) groups is 2. The van der Waals surface area contributed by atoms with Gasteiger partial charge in [0.15, 0.2) is 17.6 Å². The Morgan fingerprint density at radius 3 is 3.10 bits per heavy atom. The number of nitrogens with zero attached hydrogens (tertiary/aromatic N) is 1. The minimum atomic E-state index is -0.456. The third-order valence-corrected chi connectivity index (χ3v) is 4.05. The molecule has 0 aliphatic carbocycles. The molecule has 6 heteroatoms. The fourth-order valence-electron chi connectivity index (χ4n) is 2.15. The Balaban J connectivity index is 1.83. The summed E-state index contributed by atoms with van der Waals surface area (Å²) in [6, 6.07) is 7.14. The molecule has 21 heavy (non-hydrogen) atoms. The van der Waals surface area contributed by atoms with E-state index in [4.69, 9.17) is 9.47 Å². The van der Waals surface area contributed by atoms with E-state index < -0.39 is 12.1 Å². The normalized spacial score (nSPS) is 17.0. The smallest absolute Gasteiger partial charge is 0.357 e. The average molecular weight is 303 g/mol. The molecule has 5 nitrogen and oxygen atoms in total. The van der Waals surface area contributed by atoms with E-state index in [0.717, 1.165) is 0 Å². The molecule has 2 heterocycles. The van der Waals surface area contributed by atoms with Crippen LogP contribution in [0.25, 0.3) is 0 Å². The van der Waals surface area contributed by atoms with Gasteiger partial charge in [-0.05, 0) is 19.1 Å². The molecule has 0 amide bonds. The summed E-state index contributed by atoms with van der Waals surface area (Å²) < 4.78 is 10.7. The van der Waals surface area contributed by atoms with Crippen molar-refractivity contribution in [1.82, 2.24) is 4.98 Å². The predicted molar refractivity (Wildman–Crippen MR) is 76.8 cm³/mol. The quantitative estimate of drug-likeness (QED) is 0.815. The number of rotatable bonds is 3. The number of thiazole rings is 1. The predicted octanol–water partition coefficient (Wildman–Crippen LogP) is 3.03. The minimum Gasteiger partial charge on any atom is -0.482 e. The van der Waals surface area contributed by atoms with E-state index in [0.29, 0.717) is 22.9 Å². The van der Waals surface area contributed by atoms with Crippen LogP contribution in [0.3, 0.4) is 0 Å². The van der Waals surface area contributed by atoms with Crippen molar-refractivity contribution in [3.8, 4) is 5.75 Å². The Bertz CT molecular complexity index is 694. The highest BCUT2D eigenvalue weighted by molar-refractivity contribution is 7.09. The van der Waals surface area contributed by atoms with Crippen molar-refractivity contribution < 1.29 is 19.1 Å². The van der Waals surface area contributed by atoms with Crippen LogP contribution in [0.15, 0.2) is 29.6 Å². The number of esters is 1. The van der Waals surface area contributed by atoms with Gasteiger partial charge in [-0.1, -0.05) is 12.1 Å². The van der Waals surface area contributed by atoms with Crippen molar-refractivity contribution in [1.29, 1.82) is 0 Å². The highest BCUT2D eigenvalue weighted by atomic mass is 32.1. The number of fused-ring (bicyclic) bond motifs is 1. The molecular formula is C15H13NO4S. The zero-order valence-electron chi connectivity index (χ0n) is 11.4. The van der Waals surface area contributed by atoms with Crippen LogP contribution in [0.2, 0.25) is 0 Å². The molecule has 0 spiro atoms. The van der Waals surface area contributed by atoms with Gasteiger partial charge in [0.1, 0.15) is 10.8 Å². The van der Waals surface area contributed by atoms with Gasteiger partial charge in [0, 0.05) is 5.38 Å². The first-order chi connectivity index (χ1) is 10.2. The molecule has 1 aliphatic rings. The molecule has 1 aromatic carbocycles. The standard InChI is InChI=1S/C15H13NO4S/c1-2-19-15(18)10-8-21-14(16-10)13-7-11(17)9-5-3-4-6-12(9)20-13/h3-6,8,13H,2,7H2,1H3. The molecule has 0 saturated carbocycles. The monoisotopic (exact) mass is 303 g/mol. The van der Waals surface area contributed by atoms with Crippen molar-refractivity contribution in [2.75, 3.05) is 6.61 Å². The molecule has 1 unspecified atom stereocenters. The van der Waals surface area contributed by atoms with E-state index in [9.17, 15) is 9.59 Å². The summed E-state index contributed by atoms with van der Waals surface area (Å²) in [6.07, 6.45) is -0.215. The Hall–Kier alpha value is -2.21. The van der Waals surface area contributed by atoms with Gasteiger partial charge in [-0.2, -0.15) is 0 Å². The Kier molecular flexibility index (Phi) is 3.70. The van der Waals surface area contributed by atoms with E-state index in [1.165, 1.54) is 11.3 Å². The van der Waals surface area contributed by atoms with Crippen molar-refractivity contribution in [2.45, 2.75) is 19.4 Å². The topological polar surface area (TPSA) is 65.5 Å². The van der Waals surface area contributed by atoms with E-state index in [2.05, 4.69) is 4.98 Å². The number of benzene rings is 1. The Morgan fingerprint density at radius 2 is 2.29 bits per heavy atom. The maximum atomic E-state index is 12.1. The van der Waals surface area contributed by atoms with Crippen LogP contribution in [0.4, 0.5) is 0 Å². The Labute approximate surface area is 125 Å². The molecule has 0 saturated heterocycles. The zero-order valence-corrected chi connectivity index (χ0v) is 12.2. The van der Waals surface area contributed by atoms with Crippen LogP contribution in [-0.2, 0) is 4.74 Å². The second-order valence-electron chi connectivity index (χ2n) is 4.52. The van der Waals surface area contributed by atoms with Crippen molar-refractivity contribution in [3.63, 3.8) is 0 Å². The van der Waals surface area contributed by atoms with Gasteiger partial charge in [-0.15, -0.1) is 11.3 Å². The van der Waals surface area contributed by atoms with Crippen LogP contribution in [0.1, 0.15) is 45.3 Å². The summed E-state index contributed by atoms with van der Waals surface area (Å²) in [4.78, 5) is 28.0. The van der Waals surface area contributed by atoms with E-state index in [-0.39, 0.29) is 17.9 Å². The fraction of sp³-hybridized carbons (Fsp3) is 0.267. The van der Waals surface area contributed by atoms with E-state index >= 15 is 0 Å². The minimum absolute atomic E-state index is 0.0229. The van der Waals surface area contributed by atoms with Gasteiger partial charge in [-0.25, -0.2) is 9.78 Å². The number of ketones is 1. The van der Waals surface area contributed by atoms with Crippen molar-refractivity contribution in [3.05, 3.63) is 45.9 Å². The highest BCUT2D eigenvalue weighted by Gasteiger charge is 2.29. The van der Waals surface area contributed by atoms with Crippen molar-refractivity contribution in [2.24, 2.45) is 0 Å². The number of hydrogen-bond acceptors (Lipinski definition) is 6. The van der Waals surface area contributed by atoms with Crippen LogP contribution >= 0.6 is 11.3 Å². The maximum absolute atomic E-state index is 12.1. The van der Waals surface area contributed by atoms with Crippen LogP contribution < -0.4 is 4.74 Å². The number of para-hydroxylation sites is 1. The van der Waals surface area contributed by atoms with E-state index in [1.54, 1.807) is 24.4 Å². The maximum Gasteiger partial charge on any atom is 0.357 e. The lowest BCUT2D eigenvalue weighted by Gasteiger charge is -2.23. The molecule has 2 aromatic rings. The lowest BCUT2D eigenvalue weighted by Crippen LogP contribution is -2.20. The fourth-order valence-corrected chi connectivity index (χ4v) is 2.96. The first kappa shape index (κ1) is 13.8. The zero-order chi connectivity index (χ0) is 14.8. The third kappa shape index (κ3) is 2.67. The summed E-state index contributed by atoms with van der Waals surface area (Å²) in [5.74, 6) is 0.129. The van der Waals surface area contributed by atoms with Gasteiger partial charge >= 0.3 is 5.97 Å². The molecule has 0 radical (unpaired) electrons. The summed E-state index contributed by atoms with van der Waals surface area (Å²) in [5, 5.41) is 2.24. The SMILES string of the molecule is CCOC(=O)c1csc(C2CC(=O)c3ccccc3O2)n1. The number of aromatic nitrogens is 1. The Morgan fingerprint density at radius 1 is 1.48 bits per heavy atom. The summed E-state index contributed by atoms with van der Waals surface area (Å²) in [6.45, 7) is 2.04. The third-order valence-electron chi connectivity index (χ3n) is 3.11. The highest BCUT2D eigenvalue weighted by Crippen LogP contribution is 2.35. The number of hydrogen-bond donors (Lipinski definition) is 0. The first-order valence-corrected chi connectivity index (χ1v) is 7.48.